The number of halogens is 2. The Kier molecular flexibility index (Phi) is 5.06. The highest BCUT2D eigenvalue weighted by Gasteiger charge is 2.08. The Hall–Kier alpha value is -2.47. The molecule has 0 unspecified atom stereocenters. The second-order valence-corrected chi connectivity index (χ2v) is 4.85. The van der Waals surface area contributed by atoms with Crippen molar-refractivity contribution in [3.63, 3.8) is 0 Å². The largest absolute Gasteiger partial charge is 0.389 e. The maximum Gasteiger partial charge on any atom is 0.319 e. The maximum absolute atomic E-state index is 13.4. The smallest absolute Gasteiger partial charge is 0.319 e. The first-order valence-corrected chi connectivity index (χ1v) is 6.72. The van der Waals surface area contributed by atoms with Crippen molar-refractivity contribution in [3.8, 4) is 0 Å². The highest BCUT2D eigenvalue weighted by Crippen LogP contribution is 2.15. The Morgan fingerprint density at radius 2 is 1.86 bits per heavy atom. The topological polar surface area (TPSA) is 61.4 Å². The standard InChI is InChI=1S/C16H16F2N2O2/c1-10(21)12-4-2-11(3-5-12)9-19-16(22)20-15-7-6-13(17)8-14(15)18/h2-8,10,21H,9H2,1H3,(H2,19,20,22)/t10-/m0/s1. The lowest BCUT2D eigenvalue weighted by Crippen LogP contribution is -2.28. The fourth-order valence-corrected chi connectivity index (χ4v) is 1.85. The zero-order chi connectivity index (χ0) is 16.1. The summed E-state index contributed by atoms with van der Waals surface area (Å²) in [5, 5.41) is 14.3. The van der Waals surface area contributed by atoms with Gasteiger partial charge < -0.3 is 15.7 Å². The van der Waals surface area contributed by atoms with Crippen LogP contribution in [0.5, 0.6) is 0 Å². The molecule has 0 aliphatic carbocycles. The molecule has 2 aromatic rings. The molecule has 2 amide bonds. The molecule has 116 valence electrons. The van der Waals surface area contributed by atoms with Crippen molar-refractivity contribution in [1.82, 2.24) is 5.32 Å². The van der Waals surface area contributed by atoms with Crippen LogP contribution in [0.2, 0.25) is 0 Å². The molecule has 2 rings (SSSR count). The van der Waals surface area contributed by atoms with Crippen LogP contribution in [0.25, 0.3) is 0 Å². The van der Waals surface area contributed by atoms with Gasteiger partial charge in [-0.1, -0.05) is 24.3 Å². The van der Waals surface area contributed by atoms with Crippen molar-refractivity contribution in [3.05, 3.63) is 65.2 Å². The van der Waals surface area contributed by atoms with Crippen molar-refractivity contribution in [2.24, 2.45) is 0 Å². The molecule has 4 nitrogen and oxygen atoms in total. The van der Waals surface area contributed by atoms with Crippen LogP contribution in [0.15, 0.2) is 42.5 Å². The van der Waals surface area contributed by atoms with E-state index in [1.807, 2.05) is 0 Å². The number of nitrogens with one attached hydrogen (secondary N) is 2. The molecule has 0 heterocycles. The number of benzene rings is 2. The van der Waals surface area contributed by atoms with E-state index in [4.69, 9.17) is 0 Å². The van der Waals surface area contributed by atoms with Crippen LogP contribution in [0, 0.1) is 11.6 Å². The number of anilines is 1. The van der Waals surface area contributed by atoms with Gasteiger partial charge in [0.1, 0.15) is 11.6 Å². The minimum Gasteiger partial charge on any atom is -0.389 e. The van der Waals surface area contributed by atoms with Crippen molar-refractivity contribution in [1.29, 1.82) is 0 Å². The molecule has 0 fully saturated rings. The summed E-state index contributed by atoms with van der Waals surface area (Å²) < 4.78 is 26.1. The van der Waals surface area contributed by atoms with E-state index in [0.29, 0.717) is 6.07 Å². The molecule has 22 heavy (non-hydrogen) atoms. The Morgan fingerprint density at radius 1 is 1.18 bits per heavy atom. The van der Waals surface area contributed by atoms with Gasteiger partial charge in [-0.2, -0.15) is 0 Å². The summed E-state index contributed by atoms with van der Waals surface area (Å²) in [7, 11) is 0. The normalized spacial score (nSPS) is 11.8. The maximum atomic E-state index is 13.4. The van der Waals surface area contributed by atoms with E-state index in [2.05, 4.69) is 10.6 Å². The number of urea groups is 1. The number of rotatable bonds is 4. The van der Waals surface area contributed by atoms with Crippen LogP contribution in [-0.2, 0) is 6.54 Å². The Morgan fingerprint density at radius 3 is 2.45 bits per heavy atom. The fourth-order valence-electron chi connectivity index (χ4n) is 1.85. The van der Waals surface area contributed by atoms with E-state index in [-0.39, 0.29) is 12.2 Å². The van der Waals surface area contributed by atoms with Crippen LogP contribution in [-0.4, -0.2) is 11.1 Å². The van der Waals surface area contributed by atoms with Gasteiger partial charge in [-0.3, -0.25) is 0 Å². The Balaban J connectivity index is 1.89. The average molecular weight is 306 g/mol. The number of carbonyl (C=O) groups excluding carboxylic acids is 1. The van der Waals surface area contributed by atoms with Crippen molar-refractivity contribution < 1.29 is 18.7 Å². The molecule has 2 aromatic carbocycles. The molecule has 0 saturated carbocycles. The summed E-state index contributed by atoms with van der Waals surface area (Å²) in [6, 6.07) is 9.41. The molecule has 0 aliphatic heterocycles. The van der Waals surface area contributed by atoms with Crippen LogP contribution < -0.4 is 10.6 Å². The second kappa shape index (κ2) is 7.00. The Bertz CT molecular complexity index is 658. The highest BCUT2D eigenvalue weighted by molar-refractivity contribution is 5.89. The van der Waals surface area contributed by atoms with Crippen molar-refractivity contribution in [2.45, 2.75) is 19.6 Å². The molecule has 0 bridgehead atoms. The van der Waals surface area contributed by atoms with Gasteiger partial charge in [0.25, 0.3) is 0 Å². The van der Waals surface area contributed by atoms with Gasteiger partial charge in [0, 0.05) is 12.6 Å². The molecule has 0 saturated heterocycles. The van der Waals surface area contributed by atoms with E-state index in [0.717, 1.165) is 23.3 Å². The number of aliphatic hydroxyl groups is 1. The lowest BCUT2D eigenvalue weighted by atomic mass is 10.1. The van der Waals surface area contributed by atoms with Crippen molar-refractivity contribution >= 4 is 11.7 Å². The number of hydrogen-bond donors (Lipinski definition) is 3. The molecule has 0 radical (unpaired) electrons. The van der Waals surface area contributed by atoms with E-state index < -0.39 is 23.8 Å². The number of aliphatic hydroxyl groups excluding tert-OH is 1. The van der Waals surface area contributed by atoms with Gasteiger partial charge in [-0.25, -0.2) is 13.6 Å². The van der Waals surface area contributed by atoms with Gasteiger partial charge in [0.05, 0.1) is 11.8 Å². The molecule has 6 heteroatoms. The van der Waals surface area contributed by atoms with Crippen LogP contribution in [0.3, 0.4) is 0 Å². The lowest BCUT2D eigenvalue weighted by molar-refractivity contribution is 0.199. The monoisotopic (exact) mass is 306 g/mol. The predicted molar refractivity (Wildman–Crippen MR) is 79.3 cm³/mol. The van der Waals surface area contributed by atoms with Gasteiger partial charge in [-0.05, 0) is 30.2 Å². The highest BCUT2D eigenvalue weighted by atomic mass is 19.1. The Labute approximate surface area is 126 Å². The summed E-state index contributed by atoms with van der Waals surface area (Å²) >= 11 is 0. The van der Waals surface area contributed by atoms with Gasteiger partial charge in [0.15, 0.2) is 0 Å². The SMILES string of the molecule is C[C@H](O)c1ccc(CNC(=O)Nc2ccc(F)cc2F)cc1. The summed E-state index contributed by atoms with van der Waals surface area (Å²) in [6.07, 6.45) is -0.549. The lowest BCUT2D eigenvalue weighted by Gasteiger charge is -2.09. The first-order chi connectivity index (χ1) is 10.5. The number of carbonyl (C=O) groups is 1. The van der Waals surface area contributed by atoms with Crippen LogP contribution in [0.1, 0.15) is 24.2 Å². The zero-order valence-corrected chi connectivity index (χ0v) is 11.9. The summed E-state index contributed by atoms with van der Waals surface area (Å²) in [4.78, 5) is 11.7. The molecule has 0 aromatic heterocycles. The number of hydrogen-bond acceptors (Lipinski definition) is 2. The minimum absolute atomic E-state index is 0.0941. The quantitative estimate of drug-likeness (QED) is 0.811. The van der Waals surface area contributed by atoms with Gasteiger partial charge in [-0.15, -0.1) is 0 Å². The average Bonchev–Trinajstić information content (AvgIpc) is 2.48. The third-order valence-electron chi connectivity index (χ3n) is 3.09. The molecule has 0 aliphatic rings. The summed E-state index contributed by atoms with van der Waals surface area (Å²) in [5.74, 6) is -1.54. The third kappa shape index (κ3) is 4.26. The molecule has 1 atom stereocenters. The number of amides is 2. The third-order valence-corrected chi connectivity index (χ3v) is 3.09. The minimum atomic E-state index is -0.837. The summed E-state index contributed by atoms with van der Waals surface area (Å²) in [5.41, 5.74) is 1.52. The van der Waals surface area contributed by atoms with E-state index in [1.165, 1.54) is 0 Å². The molecular formula is C16H16F2N2O2. The van der Waals surface area contributed by atoms with E-state index in [1.54, 1.807) is 31.2 Å². The second-order valence-electron chi connectivity index (χ2n) is 4.85. The van der Waals surface area contributed by atoms with Crippen LogP contribution in [0.4, 0.5) is 19.3 Å². The summed E-state index contributed by atoms with van der Waals surface area (Å²) in [6.45, 7) is 1.91. The first kappa shape index (κ1) is 15.9. The van der Waals surface area contributed by atoms with Crippen molar-refractivity contribution in [2.75, 3.05) is 5.32 Å². The van der Waals surface area contributed by atoms with Gasteiger partial charge in [0.2, 0.25) is 0 Å². The molecule has 0 spiro atoms. The molecule has 3 N–H and O–H groups in total. The molecular weight excluding hydrogens is 290 g/mol. The predicted octanol–water partition coefficient (Wildman–Crippen LogP) is 3.34. The van der Waals surface area contributed by atoms with E-state index >= 15 is 0 Å². The van der Waals surface area contributed by atoms with E-state index in [9.17, 15) is 18.7 Å². The van der Waals surface area contributed by atoms with Crippen LogP contribution >= 0.6 is 0 Å². The first-order valence-electron chi connectivity index (χ1n) is 6.72. The fraction of sp³-hybridized carbons (Fsp3) is 0.188. The zero-order valence-electron chi connectivity index (χ0n) is 11.9. The van der Waals surface area contributed by atoms with Gasteiger partial charge >= 0.3 is 6.03 Å².